The molecule has 1 aliphatic heterocycles. The van der Waals surface area contributed by atoms with Crippen LogP contribution in [0.25, 0.3) is 0 Å². The first-order chi connectivity index (χ1) is 10.2. The predicted molar refractivity (Wildman–Crippen MR) is 89.2 cm³/mol. The fourth-order valence-corrected chi connectivity index (χ4v) is 3.35. The summed E-state index contributed by atoms with van der Waals surface area (Å²) in [7, 11) is 1.72. The van der Waals surface area contributed by atoms with Crippen LogP contribution in [0.1, 0.15) is 38.7 Å². The molecule has 118 valence electrons. The Morgan fingerprint density at radius 3 is 2.86 bits per heavy atom. The van der Waals surface area contributed by atoms with Crippen molar-refractivity contribution in [2.24, 2.45) is 0 Å². The summed E-state index contributed by atoms with van der Waals surface area (Å²) in [5.74, 6) is 0.930. The summed E-state index contributed by atoms with van der Waals surface area (Å²) in [5.41, 5.74) is 1.18. The fraction of sp³-hybridized carbons (Fsp3) is 0.647. The van der Waals surface area contributed by atoms with Crippen LogP contribution < -0.4 is 10.1 Å². The second-order valence-corrected chi connectivity index (χ2v) is 6.28. The molecule has 0 radical (unpaired) electrons. The first-order valence-corrected chi connectivity index (χ1v) is 8.35. The molecule has 1 N–H and O–H groups in total. The van der Waals surface area contributed by atoms with Gasteiger partial charge in [0, 0.05) is 42.3 Å². The Balaban J connectivity index is 2.12. The molecule has 1 fully saturated rings. The highest BCUT2D eigenvalue weighted by Crippen LogP contribution is 2.26. The van der Waals surface area contributed by atoms with E-state index in [1.165, 1.54) is 18.4 Å². The van der Waals surface area contributed by atoms with Gasteiger partial charge in [0.1, 0.15) is 5.75 Å². The Morgan fingerprint density at radius 2 is 2.19 bits per heavy atom. The van der Waals surface area contributed by atoms with Gasteiger partial charge < -0.3 is 10.1 Å². The van der Waals surface area contributed by atoms with E-state index in [1.807, 2.05) is 18.2 Å². The van der Waals surface area contributed by atoms with Gasteiger partial charge >= 0.3 is 0 Å². The lowest BCUT2D eigenvalue weighted by Gasteiger charge is -2.40. The molecular formula is C17H27ClN2O. The zero-order valence-corrected chi connectivity index (χ0v) is 14.1. The van der Waals surface area contributed by atoms with Gasteiger partial charge in [-0.05, 0) is 31.0 Å². The summed E-state index contributed by atoms with van der Waals surface area (Å²) in [6.07, 6.45) is 3.62. The number of halogens is 1. The van der Waals surface area contributed by atoms with Gasteiger partial charge in [-0.25, -0.2) is 0 Å². The number of ether oxygens (including phenoxy) is 1. The molecule has 0 bridgehead atoms. The minimum atomic E-state index is 0.585. The van der Waals surface area contributed by atoms with E-state index in [0.29, 0.717) is 12.1 Å². The number of nitrogens with one attached hydrogen (secondary N) is 1. The fourth-order valence-electron chi connectivity index (χ4n) is 3.16. The molecule has 1 heterocycles. The van der Waals surface area contributed by atoms with Crippen molar-refractivity contribution in [3.05, 3.63) is 28.8 Å². The van der Waals surface area contributed by atoms with Crippen molar-refractivity contribution in [1.82, 2.24) is 10.2 Å². The number of piperazine rings is 1. The van der Waals surface area contributed by atoms with Gasteiger partial charge in [-0.1, -0.05) is 31.9 Å². The summed E-state index contributed by atoms with van der Waals surface area (Å²) in [6, 6.07) is 7.07. The molecule has 4 heteroatoms. The van der Waals surface area contributed by atoms with Crippen molar-refractivity contribution in [1.29, 1.82) is 0 Å². The number of rotatable bonds is 6. The third kappa shape index (κ3) is 4.35. The average Bonchev–Trinajstić information content (AvgIpc) is 2.48. The highest BCUT2D eigenvalue weighted by atomic mass is 35.5. The number of benzene rings is 1. The molecule has 2 unspecified atom stereocenters. The van der Waals surface area contributed by atoms with Crippen molar-refractivity contribution in [3.8, 4) is 5.75 Å². The number of methoxy groups -OCH3 is 1. The van der Waals surface area contributed by atoms with Crippen molar-refractivity contribution in [2.75, 3.05) is 20.2 Å². The molecule has 3 nitrogen and oxygen atoms in total. The Bertz CT molecular complexity index is 452. The van der Waals surface area contributed by atoms with Crippen LogP contribution in [0.3, 0.4) is 0 Å². The minimum Gasteiger partial charge on any atom is -0.496 e. The molecule has 0 aromatic heterocycles. The van der Waals surface area contributed by atoms with Crippen LogP contribution in [0.5, 0.6) is 5.75 Å². The lowest BCUT2D eigenvalue weighted by Crippen LogP contribution is -2.55. The van der Waals surface area contributed by atoms with Crippen LogP contribution in [0.15, 0.2) is 18.2 Å². The van der Waals surface area contributed by atoms with Crippen LogP contribution in [-0.2, 0) is 6.54 Å². The van der Waals surface area contributed by atoms with Gasteiger partial charge in [0.05, 0.1) is 7.11 Å². The van der Waals surface area contributed by atoms with Crippen molar-refractivity contribution >= 4 is 11.6 Å². The van der Waals surface area contributed by atoms with Crippen molar-refractivity contribution < 1.29 is 4.74 Å². The van der Waals surface area contributed by atoms with E-state index >= 15 is 0 Å². The van der Waals surface area contributed by atoms with Gasteiger partial charge in [-0.15, -0.1) is 0 Å². The first kappa shape index (κ1) is 16.6. The molecule has 1 aliphatic rings. The SMILES string of the molecule is CCCC1CN(Cc2cc(Cl)ccc2OC)C(CC)CN1. The van der Waals surface area contributed by atoms with Crippen LogP contribution in [-0.4, -0.2) is 37.2 Å². The predicted octanol–water partition coefficient (Wildman–Crippen LogP) is 3.70. The first-order valence-electron chi connectivity index (χ1n) is 7.97. The van der Waals surface area contributed by atoms with Crippen molar-refractivity contribution in [3.63, 3.8) is 0 Å². The van der Waals surface area contributed by atoms with E-state index in [2.05, 4.69) is 24.1 Å². The zero-order valence-electron chi connectivity index (χ0n) is 13.4. The van der Waals surface area contributed by atoms with Crippen LogP contribution in [0.4, 0.5) is 0 Å². The Labute approximate surface area is 133 Å². The largest absolute Gasteiger partial charge is 0.496 e. The van der Waals surface area contributed by atoms with Gasteiger partial charge in [0.15, 0.2) is 0 Å². The number of nitrogens with zero attached hydrogens (tertiary/aromatic N) is 1. The summed E-state index contributed by atoms with van der Waals surface area (Å²) >= 11 is 6.15. The number of hydrogen-bond acceptors (Lipinski definition) is 3. The zero-order chi connectivity index (χ0) is 15.2. The van der Waals surface area contributed by atoms with Gasteiger partial charge in [-0.2, -0.15) is 0 Å². The maximum Gasteiger partial charge on any atom is 0.123 e. The standard InChI is InChI=1S/C17H27ClN2O/c1-4-6-15-12-20(16(5-2)10-19-15)11-13-9-14(18)7-8-17(13)21-3/h7-9,15-16,19H,4-6,10-12H2,1-3H3. The monoisotopic (exact) mass is 310 g/mol. The molecule has 1 saturated heterocycles. The van der Waals surface area contributed by atoms with E-state index in [-0.39, 0.29) is 0 Å². The van der Waals surface area contributed by atoms with Crippen molar-refractivity contribution in [2.45, 2.75) is 51.7 Å². The van der Waals surface area contributed by atoms with Gasteiger partial charge in [-0.3, -0.25) is 4.90 Å². The average molecular weight is 311 g/mol. The third-order valence-corrected chi connectivity index (χ3v) is 4.57. The van der Waals surface area contributed by atoms with Crippen LogP contribution >= 0.6 is 11.6 Å². The second kappa shape index (κ2) is 8.02. The summed E-state index contributed by atoms with van der Waals surface area (Å²) in [5, 5.41) is 4.45. The lowest BCUT2D eigenvalue weighted by molar-refractivity contribution is 0.114. The normalized spacial score (nSPS) is 23.2. The Kier molecular flexibility index (Phi) is 6.34. The molecular weight excluding hydrogens is 284 g/mol. The molecule has 1 aromatic rings. The van der Waals surface area contributed by atoms with E-state index in [4.69, 9.17) is 16.3 Å². The minimum absolute atomic E-state index is 0.585. The molecule has 1 aromatic carbocycles. The summed E-state index contributed by atoms with van der Waals surface area (Å²) in [6.45, 7) is 7.59. The quantitative estimate of drug-likeness (QED) is 0.867. The smallest absolute Gasteiger partial charge is 0.123 e. The molecule has 0 saturated carbocycles. The van der Waals surface area contributed by atoms with Crippen LogP contribution in [0.2, 0.25) is 5.02 Å². The third-order valence-electron chi connectivity index (χ3n) is 4.34. The number of hydrogen-bond donors (Lipinski definition) is 1. The van der Waals surface area contributed by atoms with Gasteiger partial charge in [0.25, 0.3) is 0 Å². The van der Waals surface area contributed by atoms with E-state index in [9.17, 15) is 0 Å². The highest BCUT2D eigenvalue weighted by molar-refractivity contribution is 6.30. The summed E-state index contributed by atoms with van der Waals surface area (Å²) in [4.78, 5) is 2.57. The molecule has 2 atom stereocenters. The highest BCUT2D eigenvalue weighted by Gasteiger charge is 2.26. The molecule has 0 spiro atoms. The second-order valence-electron chi connectivity index (χ2n) is 5.84. The topological polar surface area (TPSA) is 24.5 Å². The lowest BCUT2D eigenvalue weighted by atomic mass is 10.0. The molecule has 2 rings (SSSR count). The molecule has 0 aliphatic carbocycles. The Hall–Kier alpha value is -0.770. The maximum absolute atomic E-state index is 6.15. The molecule has 0 amide bonds. The van der Waals surface area contributed by atoms with Gasteiger partial charge in [0.2, 0.25) is 0 Å². The summed E-state index contributed by atoms with van der Waals surface area (Å²) < 4.78 is 5.48. The van der Waals surface area contributed by atoms with E-state index in [1.54, 1.807) is 7.11 Å². The Morgan fingerprint density at radius 1 is 1.38 bits per heavy atom. The van der Waals surface area contributed by atoms with E-state index in [0.717, 1.165) is 36.8 Å². The van der Waals surface area contributed by atoms with E-state index < -0.39 is 0 Å². The maximum atomic E-state index is 6.15. The van der Waals surface area contributed by atoms with Crippen LogP contribution in [0, 0.1) is 0 Å². The molecule has 21 heavy (non-hydrogen) atoms.